The van der Waals surface area contributed by atoms with Crippen molar-refractivity contribution in [3.63, 3.8) is 0 Å². The van der Waals surface area contributed by atoms with Crippen molar-refractivity contribution in [2.24, 2.45) is 0 Å². The molecule has 0 aliphatic carbocycles. The van der Waals surface area contributed by atoms with E-state index in [-0.39, 0.29) is 19.6 Å². The Labute approximate surface area is 95.0 Å². The Balaban J connectivity index is 3.95. The molecule has 1 N–H and O–H groups in total. The van der Waals surface area contributed by atoms with Crippen LogP contribution in [0.15, 0.2) is 12.7 Å². The van der Waals surface area contributed by atoms with Gasteiger partial charge in [-0.2, -0.15) is 8.42 Å². The molecule has 0 aromatic carbocycles. The lowest BCUT2D eigenvalue weighted by atomic mass is 10.4. The quantitative estimate of drug-likeness (QED) is 0.297. The van der Waals surface area contributed by atoms with Crippen molar-refractivity contribution < 1.29 is 27.2 Å². The molecule has 1 unspecified atom stereocenters. The third-order valence-corrected chi connectivity index (χ3v) is 2.69. The zero-order valence-corrected chi connectivity index (χ0v) is 9.90. The highest BCUT2D eigenvalue weighted by Gasteiger charge is 2.22. The first-order valence-corrected chi connectivity index (χ1v) is 6.29. The van der Waals surface area contributed by atoms with E-state index in [1.165, 1.54) is 0 Å². The number of hydrogen-bond acceptors (Lipinski definition) is 5. The molecule has 0 amide bonds. The summed E-state index contributed by atoms with van der Waals surface area (Å²) in [4.78, 5) is 10.6. The summed E-state index contributed by atoms with van der Waals surface area (Å²) in [6.07, 6.45) is 1.73. The summed E-state index contributed by atoms with van der Waals surface area (Å²) in [6, 6.07) is 0. The van der Waals surface area contributed by atoms with E-state index in [0.717, 1.165) is 6.08 Å². The first-order valence-electron chi connectivity index (χ1n) is 4.79. The van der Waals surface area contributed by atoms with Gasteiger partial charge in [0.15, 0.2) is 5.44 Å². The van der Waals surface area contributed by atoms with Gasteiger partial charge in [-0.3, -0.25) is 4.55 Å². The summed E-state index contributed by atoms with van der Waals surface area (Å²) in [5.41, 5.74) is -1.26. The zero-order valence-electron chi connectivity index (χ0n) is 9.09. The maximum atomic E-state index is 10.8. The topological polar surface area (TPSA) is 89.9 Å². The number of carbonyl (C=O) groups is 1. The zero-order chi connectivity index (χ0) is 12.6. The highest BCUT2D eigenvalue weighted by atomic mass is 32.2. The lowest BCUT2D eigenvalue weighted by Crippen LogP contribution is -2.25. The molecule has 0 aromatic heterocycles. The normalized spacial score (nSPS) is 13.1. The molecule has 7 heteroatoms. The lowest BCUT2D eigenvalue weighted by Gasteiger charge is -2.13. The SMILES string of the molecule is C=CC(=O)OCCOC(CCC)S(=O)(=O)O. The molecule has 0 aliphatic heterocycles. The van der Waals surface area contributed by atoms with E-state index in [4.69, 9.17) is 9.29 Å². The summed E-state index contributed by atoms with van der Waals surface area (Å²) in [7, 11) is -4.22. The fourth-order valence-corrected chi connectivity index (χ4v) is 1.74. The molecule has 0 spiro atoms. The number of esters is 1. The molecule has 6 nitrogen and oxygen atoms in total. The maximum absolute atomic E-state index is 10.8. The Kier molecular flexibility index (Phi) is 6.95. The Hall–Kier alpha value is -0.920. The predicted molar refractivity (Wildman–Crippen MR) is 57.4 cm³/mol. The molecule has 0 saturated heterocycles. The van der Waals surface area contributed by atoms with Crippen LogP contribution in [0.1, 0.15) is 19.8 Å². The average molecular weight is 252 g/mol. The van der Waals surface area contributed by atoms with E-state index in [1.54, 1.807) is 6.92 Å². The Morgan fingerprint density at radius 3 is 2.56 bits per heavy atom. The third-order valence-electron chi connectivity index (χ3n) is 1.65. The van der Waals surface area contributed by atoms with Crippen molar-refractivity contribution in [3.05, 3.63) is 12.7 Å². The lowest BCUT2D eigenvalue weighted by molar-refractivity contribution is -0.139. The van der Waals surface area contributed by atoms with Gasteiger partial charge in [-0.1, -0.05) is 19.9 Å². The van der Waals surface area contributed by atoms with Gasteiger partial charge in [-0.15, -0.1) is 0 Å². The minimum Gasteiger partial charge on any atom is -0.460 e. The summed E-state index contributed by atoms with van der Waals surface area (Å²) in [6.45, 7) is 4.78. The second-order valence-corrected chi connectivity index (χ2v) is 4.53. The second kappa shape index (κ2) is 7.37. The highest BCUT2D eigenvalue weighted by Crippen LogP contribution is 2.08. The summed E-state index contributed by atoms with van der Waals surface area (Å²) in [5.74, 6) is -0.609. The first kappa shape index (κ1) is 15.1. The third kappa shape index (κ3) is 6.54. The molecule has 0 aliphatic rings. The van der Waals surface area contributed by atoms with Crippen LogP contribution in [-0.4, -0.2) is 37.6 Å². The van der Waals surface area contributed by atoms with E-state index >= 15 is 0 Å². The van der Waals surface area contributed by atoms with Crippen LogP contribution in [0.2, 0.25) is 0 Å². The summed E-state index contributed by atoms with van der Waals surface area (Å²) >= 11 is 0. The molecule has 0 saturated carbocycles. The van der Waals surface area contributed by atoms with Crippen molar-refractivity contribution in [1.29, 1.82) is 0 Å². The maximum Gasteiger partial charge on any atom is 0.330 e. The molecule has 0 rings (SSSR count). The smallest absolute Gasteiger partial charge is 0.330 e. The van der Waals surface area contributed by atoms with Gasteiger partial charge in [0, 0.05) is 6.08 Å². The average Bonchev–Trinajstić information content (AvgIpc) is 2.20. The number of ether oxygens (including phenoxy) is 2. The van der Waals surface area contributed by atoms with Gasteiger partial charge in [0.25, 0.3) is 10.1 Å². The van der Waals surface area contributed by atoms with Crippen molar-refractivity contribution in [2.75, 3.05) is 13.2 Å². The number of rotatable bonds is 8. The Morgan fingerprint density at radius 1 is 1.50 bits per heavy atom. The fourth-order valence-electron chi connectivity index (χ4n) is 0.935. The van der Waals surface area contributed by atoms with Gasteiger partial charge in [0.05, 0.1) is 6.61 Å². The molecule has 94 valence electrons. The van der Waals surface area contributed by atoms with E-state index in [9.17, 15) is 13.2 Å². The monoisotopic (exact) mass is 252 g/mol. The minimum atomic E-state index is -4.22. The standard InChI is InChI=1S/C9H16O6S/c1-3-5-9(16(11,12)13)15-7-6-14-8(10)4-2/h4,9H,2-3,5-7H2,1H3,(H,11,12,13). The van der Waals surface area contributed by atoms with Gasteiger partial charge in [-0.05, 0) is 6.42 Å². The summed E-state index contributed by atoms with van der Waals surface area (Å²) in [5, 5.41) is 0. The largest absolute Gasteiger partial charge is 0.460 e. The molecule has 0 aromatic rings. The molecular weight excluding hydrogens is 236 g/mol. The molecule has 0 radical (unpaired) electrons. The van der Waals surface area contributed by atoms with Crippen LogP contribution in [-0.2, 0) is 24.4 Å². The van der Waals surface area contributed by atoms with Gasteiger partial charge in [0.1, 0.15) is 6.61 Å². The van der Waals surface area contributed by atoms with Gasteiger partial charge < -0.3 is 9.47 Å². The van der Waals surface area contributed by atoms with E-state index < -0.39 is 21.5 Å². The van der Waals surface area contributed by atoms with E-state index in [1.807, 2.05) is 0 Å². The van der Waals surface area contributed by atoms with Crippen molar-refractivity contribution >= 4 is 16.1 Å². The van der Waals surface area contributed by atoms with Gasteiger partial charge in [-0.25, -0.2) is 4.79 Å². The highest BCUT2D eigenvalue weighted by molar-refractivity contribution is 7.86. The van der Waals surface area contributed by atoms with Crippen molar-refractivity contribution in [2.45, 2.75) is 25.2 Å². The van der Waals surface area contributed by atoms with Crippen LogP contribution in [0.3, 0.4) is 0 Å². The number of hydrogen-bond donors (Lipinski definition) is 1. The van der Waals surface area contributed by atoms with Crippen LogP contribution in [0.25, 0.3) is 0 Å². The molecule has 0 bridgehead atoms. The number of carbonyl (C=O) groups excluding carboxylic acids is 1. The molecule has 16 heavy (non-hydrogen) atoms. The van der Waals surface area contributed by atoms with Crippen LogP contribution < -0.4 is 0 Å². The fraction of sp³-hybridized carbons (Fsp3) is 0.667. The van der Waals surface area contributed by atoms with Crippen LogP contribution in [0.4, 0.5) is 0 Å². The predicted octanol–water partition coefficient (Wildman–Crippen LogP) is 0.746. The van der Waals surface area contributed by atoms with Crippen molar-refractivity contribution in [1.82, 2.24) is 0 Å². The van der Waals surface area contributed by atoms with Gasteiger partial charge in [0.2, 0.25) is 0 Å². The second-order valence-electron chi connectivity index (χ2n) is 2.98. The van der Waals surface area contributed by atoms with Crippen molar-refractivity contribution in [3.8, 4) is 0 Å². The summed E-state index contributed by atoms with van der Waals surface area (Å²) < 4.78 is 39.9. The molecule has 1 atom stereocenters. The van der Waals surface area contributed by atoms with Crippen LogP contribution in [0.5, 0.6) is 0 Å². The van der Waals surface area contributed by atoms with E-state index in [0.29, 0.717) is 6.42 Å². The van der Waals surface area contributed by atoms with Gasteiger partial charge >= 0.3 is 5.97 Å². The Morgan fingerprint density at radius 2 is 2.12 bits per heavy atom. The van der Waals surface area contributed by atoms with Crippen LogP contribution in [0, 0.1) is 0 Å². The van der Waals surface area contributed by atoms with Crippen LogP contribution >= 0.6 is 0 Å². The molecular formula is C9H16O6S. The minimum absolute atomic E-state index is 0.0828. The van der Waals surface area contributed by atoms with E-state index in [2.05, 4.69) is 11.3 Å². The first-order chi connectivity index (χ1) is 7.41. The molecule has 0 fully saturated rings. The Bertz CT molecular complexity index is 321. The molecule has 0 heterocycles.